The molecule has 9 nitrogen and oxygen atoms in total. The Morgan fingerprint density at radius 1 is 1.24 bits per heavy atom. The van der Waals surface area contributed by atoms with Crippen LogP contribution in [-0.4, -0.2) is 59.6 Å². The number of hydrogen-bond acceptors (Lipinski definition) is 7. The highest BCUT2D eigenvalue weighted by Crippen LogP contribution is 2.26. The zero-order chi connectivity index (χ0) is 21.2. The number of benzene rings is 1. The van der Waals surface area contributed by atoms with Gasteiger partial charge < -0.3 is 14.4 Å². The fourth-order valence-corrected chi connectivity index (χ4v) is 4.38. The maximum Gasteiger partial charge on any atom is 0.209 e. The van der Waals surface area contributed by atoms with E-state index in [0.717, 1.165) is 30.7 Å². The highest BCUT2D eigenvalue weighted by Gasteiger charge is 2.28. The molecule has 0 amide bonds. The highest BCUT2D eigenvalue weighted by atomic mass is 32.2. The molecule has 1 aliphatic heterocycles. The van der Waals surface area contributed by atoms with Crippen LogP contribution in [0.5, 0.6) is 11.5 Å². The van der Waals surface area contributed by atoms with E-state index in [1.54, 1.807) is 13.2 Å². The Morgan fingerprint density at radius 3 is 2.62 bits per heavy atom. The topological polar surface area (TPSA) is 110 Å². The zero-order valence-corrected chi connectivity index (χ0v) is 18.1. The van der Waals surface area contributed by atoms with Gasteiger partial charge in [0, 0.05) is 44.2 Å². The number of phenols is 1. The average Bonchev–Trinajstić information content (AvgIpc) is 2.94. The monoisotopic (exact) mass is 423 g/mol. The molecule has 10 heteroatoms. The molecule has 29 heavy (non-hydrogen) atoms. The fraction of sp³-hybridized carbons (Fsp3) is 0.579. The number of methoxy groups -OCH3 is 1. The standard InChI is InChI=1S/C19H29N5O4S/c1-13(2)18(22-29(4,26)27)19-21-20-17-7-8-23(9-10-24(17)19)12-14-5-6-15(28-3)11-16(14)25/h5-6,11,13,18,22,25H,7-10,12H2,1-4H3/t18-/m0/s1. The largest absolute Gasteiger partial charge is 0.507 e. The first-order valence-corrected chi connectivity index (χ1v) is 11.5. The van der Waals surface area contributed by atoms with Crippen molar-refractivity contribution in [2.24, 2.45) is 5.92 Å². The molecule has 0 radical (unpaired) electrons. The van der Waals surface area contributed by atoms with Crippen LogP contribution in [0.25, 0.3) is 0 Å². The molecule has 2 heterocycles. The van der Waals surface area contributed by atoms with Gasteiger partial charge >= 0.3 is 0 Å². The summed E-state index contributed by atoms with van der Waals surface area (Å²) in [6.45, 7) is 6.70. The predicted octanol–water partition coefficient (Wildman–Crippen LogP) is 1.30. The number of hydrogen-bond donors (Lipinski definition) is 2. The van der Waals surface area contributed by atoms with E-state index in [2.05, 4.69) is 19.8 Å². The number of ether oxygens (including phenoxy) is 1. The van der Waals surface area contributed by atoms with E-state index < -0.39 is 16.1 Å². The summed E-state index contributed by atoms with van der Waals surface area (Å²) in [4.78, 5) is 2.24. The van der Waals surface area contributed by atoms with E-state index in [4.69, 9.17) is 4.74 Å². The fourth-order valence-electron chi connectivity index (χ4n) is 3.54. The average molecular weight is 424 g/mol. The molecule has 1 atom stereocenters. The van der Waals surface area contributed by atoms with Crippen molar-refractivity contribution in [3.63, 3.8) is 0 Å². The minimum Gasteiger partial charge on any atom is -0.507 e. The molecule has 0 aliphatic carbocycles. The molecule has 2 aromatic rings. The smallest absolute Gasteiger partial charge is 0.209 e. The van der Waals surface area contributed by atoms with Gasteiger partial charge in [-0.3, -0.25) is 4.90 Å². The van der Waals surface area contributed by atoms with Gasteiger partial charge in [0.2, 0.25) is 10.0 Å². The zero-order valence-electron chi connectivity index (χ0n) is 17.3. The first-order valence-electron chi connectivity index (χ1n) is 9.65. The van der Waals surface area contributed by atoms with Gasteiger partial charge in [-0.1, -0.05) is 19.9 Å². The van der Waals surface area contributed by atoms with Crippen molar-refractivity contribution in [2.45, 2.75) is 39.4 Å². The number of phenolic OH excluding ortho intramolecular Hbond substituents is 1. The van der Waals surface area contributed by atoms with Gasteiger partial charge in [0.15, 0.2) is 5.82 Å². The first kappa shape index (κ1) is 21.5. The van der Waals surface area contributed by atoms with Gasteiger partial charge in [0.1, 0.15) is 17.3 Å². The van der Waals surface area contributed by atoms with E-state index in [0.29, 0.717) is 31.1 Å². The third-order valence-electron chi connectivity index (χ3n) is 5.12. The summed E-state index contributed by atoms with van der Waals surface area (Å²) >= 11 is 0. The molecule has 160 valence electrons. The molecule has 0 spiro atoms. The molecule has 1 aliphatic rings. The Bertz CT molecular complexity index is 958. The second kappa shape index (κ2) is 8.68. The summed E-state index contributed by atoms with van der Waals surface area (Å²) in [5, 5.41) is 18.9. The van der Waals surface area contributed by atoms with Crippen molar-refractivity contribution in [1.82, 2.24) is 24.4 Å². The summed E-state index contributed by atoms with van der Waals surface area (Å²) in [6.07, 6.45) is 1.86. The summed E-state index contributed by atoms with van der Waals surface area (Å²) in [5.41, 5.74) is 0.836. The molecule has 0 saturated carbocycles. The van der Waals surface area contributed by atoms with Gasteiger partial charge in [-0.15, -0.1) is 10.2 Å². The minimum absolute atomic E-state index is 0.0358. The molecule has 3 rings (SSSR count). The molecule has 2 N–H and O–H groups in total. The number of nitrogens with one attached hydrogen (secondary N) is 1. The van der Waals surface area contributed by atoms with E-state index in [1.807, 2.05) is 30.5 Å². The Hall–Kier alpha value is -2.17. The molecule has 0 unspecified atom stereocenters. The van der Waals surface area contributed by atoms with E-state index in [-0.39, 0.29) is 11.7 Å². The summed E-state index contributed by atoms with van der Waals surface area (Å²) < 4.78 is 33.5. The Morgan fingerprint density at radius 2 is 2.00 bits per heavy atom. The van der Waals surface area contributed by atoms with E-state index in [9.17, 15) is 13.5 Å². The molecule has 0 fully saturated rings. The van der Waals surface area contributed by atoms with Crippen LogP contribution in [0.3, 0.4) is 0 Å². The number of sulfonamides is 1. The van der Waals surface area contributed by atoms with Crippen LogP contribution in [-0.2, 0) is 29.5 Å². The van der Waals surface area contributed by atoms with Crippen LogP contribution < -0.4 is 9.46 Å². The number of aromatic hydroxyl groups is 1. The lowest BCUT2D eigenvalue weighted by molar-refractivity contribution is 0.265. The van der Waals surface area contributed by atoms with Crippen LogP contribution in [0.2, 0.25) is 0 Å². The highest BCUT2D eigenvalue weighted by molar-refractivity contribution is 7.88. The quantitative estimate of drug-likeness (QED) is 0.691. The maximum atomic E-state index is 11.8. The number of aromatic nitrogens is 3. The minimum atomic E-state index is -3.37. The summed E-state index contributed by atoms with van der Waals surface area (Å²) in [7, 11) is -1.80. The van der Waals surface area contributed by atoms with Crippen LogP contribution in [0.4, 0.5) is 0 Å². The maximum absolute atomic E-state index is 11.8. The van der Waals surface area contributed by atoms with Crippen LogP contribution in [0, 0.1) is 5.92 Å². The van der Waals surface area contributed by atoms with Gasteiger partial charge in [-0.05, 0) is 12.0 Å². The normalized spacial score (nSPS) is 16.4. The molecular formula is C19H29N5O4S. The number of rotatable bonds is 7. The van der Waals surface area contributed by atoms with Crippen molar-refractivity contribution in [3.05, 3.63) is 35.4 Å². The lowest BCUT2D eigenvalue weighted by Gasteiger charge is -2.23. The van der Waals surface area contributed by atoms with Gasteiger partial charge in [-0.25, -0.2) is 13.1 Å². The number of fused-ring (bicyclic) bond motifs is 1. The van der Waals surface area contributed by atoms with Crippen molar-refractivity contribution in [1.29, 1.82) is 0 Å². The van der Waals surface area contributed by atoms with Crippen molar-refractivity contribution in [2.75, 3.05) is 26.5 Å². The van der Waals surface area contributed by atoms with Gasteiger partial charge in [0.25, 0.3) is 0 Å². The first-order chi connectivity index (χ1) is 13.7. The Balaban J connectivity index is 1.75. The van der Waals surface area contributed by atoms with Gasteiger partial charge in [0.05, 0.1) is 19.4 Å². The molecule has 1 aromatic heterocycles. The van der Waals surface area contributed by atoms with Crippen molar-refractivity contribution >= 4 is 10.0 Å². The number of nitrogens with zero attached hydrogens (tertiary/aromatic N) is 4. The molecule has 1 aromatic carbocycles. The van der Waals surface area contributed by atoms with Crippen LogP contribution in [0.1, 0.15) is 37.1 Å². The molecule has 0 bridgehead atoms. The summed E-state index contributed by atoms with van der Waals surface area (Å²) in [6, 6.07) is 4.90. The van der Waals surface area contributed by atoms with Gasteiger partial charge in [-0.2, -0.15) is 0 Å². The molecule has 0 saturated heterocycles. The second-order valence-electron chi connectivity index (χ2n) is 7.76. The Labute approximate surface area is 171 Å². The SMILES string of the molecule is COc1ccc(CN2CCc3nnc([C@@H](NS(C)(=O)=O)C(C)C)n3CC2)c(O)c1. The Kier molecular flexibility index (Phi) is 6.45. The summed E-state index contributed by atoms with van der Waals surface area (Å²) in [5.74, 6) is 2.37. The van der Waals surface area contributed by atoms with Crippen molar-refractivity contribution in [3.8, 4) is 11.5 Å². The van der Waals surface area contributed by atoms with Crippen LogP contribution >= 0.6 is 0 Å². The van der Waals surface area contributed by atoms with E-state index in [1.165, 1.54) is 0 Å². The lowest BCUT2D eigenvalue weighted by Crippen LogP contribution is -2.33. The van der Waals surface area contributed by atoms with E-state index >= 15 is 0 Å². The third kappa shape index (κ3) is 5.26. The van der Waals surface area contributed by atoms with Crippen LogP contribution in [0.15, 0.2) is 18.2 Å². The molecular weight excluding hydrogens is 394 g/mol. The third-order valence-corrected chi connectivity index (χ3v) is 5.80. The predicted molar refractivity (Wildman–Crippen MR) is 109 cm³/mol. The second-order valence-corrected chi connectivity index (χ2v) is 9.54. The van der Waals surface area contributed by atoms with Crippen molar-refractivity contribution < 1.29 is 18.3 Å². The lowest BCUT2D eigenvalue weighted by atomic mass is 10.1.